The molecule has 0 spiro atoms. The molecule has 25 heavy (non-hydrogen) atoms. The van der Waals surface area contributed by atoms with Gasteiger partial charge in [0.15, 0.2) is 11.5 Å². The summed E-state index contributed by atoms with van der Waals surface area (Å²) in [5, 5.41) is 10.7. The van der Waals surface area contributed by atoms with E-state index in [4.69, 9.17) is 14.2 Å². The number of nitriles is 1. The predicted octanol–water partition coefficient (Wildman–Crippen LogP) is 3.88. The van der Waals surface area contributed by atoms with Crippen LogP contribution in [0.4, 0.5) is 0 Å². The number of fused-ring (bicyclic) bond motifs is 1. The Morgan fingerprint density at radius 1 is 0.960 bits per heavy atom. The average molecular weight is 353 g/mol. The van der Waals surface area contributed by atoms with Gasteiger partial charge in [-0.3, -0.25) is 0 Å². The van der Waals surface area contributed by atoms with Crippen LogP contribution in [0.2, 0.25) is 0 Å². The summed E-state index contributed by atoms with van der Waals surface area (Å²) in [5.41, 5.74) is 0.360. The minimum absolute atomic E-state index is 0.0500. The molecular formula is C19H15NO4S. The van der Waals surface area contributed by atoms with E-state index in [-0.39, 0.29) is 16.4 Å². The Kier molecular flexibility index (Phi) is 4.59. The van der Waals surface area contributed by atoms with Crippen LogP contribution in [0, 0.1) is 11.3 Å². The van der Waals surface area contributed by atoms with Crippen LogP contribution >= 0.6 is 0 Å². The minimum atomic E-state index is -4.03. The van der Waals surface area contributed by atoms with E-state index < -0.39 is 10.1 Å². The molecule has 0 N–H and O–H groups in total. The summed E-state index contributed by atoms with van der Waals surface area (Å²) < 4.78 is 35.9. The van der Waals surface area contributed by atoms with Gasteiger partial charge in [0.05, 0.1) is 18.2 Å². The standard InChI is InChI=1S/C19H15NO4S/c1-2-23-19-11-14(13-20)7-10-18(19)24-25(21,22)17-9-8-15-5-3-4-6-16(15)12-17/h3-12H,2H2,1H3. The molecule has 0 bridgehead atoms. The number of hydrogen-bond acceptors (Lipinski definition) is 5. The van der Waals surface area contributed by atoms with E-state index in [0.29, 0.717) is 12.2 Å². The van der Waals surface area contributed by atoms with Gasteiger partial charge in [-0.15, -0.1) is 0 Å². The van der Waals surface area contributed by atoms with Gasteiger partial charge in [0, 0.05) is 6.07 Å². The van der Waals surface area contributed by atoms with E-state index in [1.54, 1.807) is 19.1 Å². The fourth-order valence-electron chi connectivity index (χ4n) is 2.40. The minimum Gasteiger partial charge on any atom is -0.490 e. The lowest BCUT2D eigenvalue weighted by molar-refractivity contribution is 0.327. The first-order chi connectivity index (χ1) is 12.0. The van der Waals surface area contributed by atoms with Gasteiger partial charge in [0.25, 0.3) is 0 Å². The van der Waals surface area contributed by atoms with Gasteiger partial charge in [-0.2, -0.15) is 13.7 Å². The SMILES string of the molecule is CCOc1cc(C#N)ccc1OS(=O)(=O)c1ccc2ccccc2c1. The van der Waals surface area contributed by atoms with E-state index in [2.05, 4.69) is 0 Å². The zero-order chi connectivity index (χ0) is 17.9. The van der Waals surface area contributed by atoms with E-state index in [0.717, 1.165) is 10.8 Å². The van der Waals surface area contributed by atoms with Crippen molar-refractivity contribution in [3.63, 3.8) is 0 Å². The fraction of sp³-hybridized carbons (Fsp3) is 0.105. The topological polar surface area (TPSA) is 76.4 Å². The Morgan fingerprint density at radius 2 is 1.72 bits per heavy atom. The molecule has 3 aromatic rings. The number of benzene rings is 3. The molecule has 0 aliphatic carbocycles. The van der Waals surface area contributed by atoms with Crippen molar-refractivity contribution in [3.05, 3.63) is 66.2 Å². The van der Waals surface area contributed by atoms with Gasteiger partial charge in [-0.05, 0) is 42.0 Å². The predicted molar refractivity (Wildman–Crippen MR) is 94.1 cm³/mol. The number of rotatable bonds is 5. The van der Waals surface area contributed by atoms with Gasteiger partial charge in [-0.25, -0.2) is 0 Å². The first-order valence-corrected chi connectivity index (χ1v) is 9.04. The zero-order valence-corrected chi connectivity index (χ0v) is 14.3. The van der Waals surface area contributed by atoms with Crippen LogP contribution in [0.5, 0.6) is 11.5 Å². The van der Waals surface area contributed by atoms with E-state index in [1.165, 1.54) is 24.3 Å². The summed E-state index contributed by atoms with van der Waals surface area (Å²) in [6.07, 6.45) is 0. The van der Waals surface area contributed by atoms with Crippen molar-refractivity contribution in [1.82, 2.24) is 0 Å². The van der Waals surface area contributed by atoms with Gasteiger partial charge in [-0.1, -0.05) is 30.3 Å². The number of nitrogens with zero attached hydrogens (tertiary/aromatic N) is 1. The Morgan fingerprint density at radius 3 is 2.44 bits per heavy atom. The highest BCUT2D eigenvalue weighted by Gasteiger charge is 2.20. The van der Waals surface area contributed by atoms with Crippen molar-refractivity contribution in [1.29, 1.82) is 5.26 Å². The fourth-order valence-corrected chi connectivity index (χ4v) is 3.38. The number of hydrogen-bond donors (Lipinski definition) is 0. The lowest BCUT2D eigenvalue weighted by atomic mass is 10.1. The third kappa shape index (κ3) is 3.57. The molecular weight excluding hydrogens is 338 g/mol. The average Bonchev–Trinajstić information content (AvgIpc) is 2.62. The molecule has 0 aliphatic rings. The highest BCUT2D eigenvalue weighted by molar-refractivity contribution is 7.87. The summed E-state index contributed by atoms with van der Waals surface area (Å²) in [6.45, 7) is 2.09. The largest absolute Gasteiger partial charge is 0.490 e. The van der Waals surface area contributed by atoms with Gasteiger partial charge in [0.2, 0.25) is 0 Å². The second kappa shape index (κ2) is 6.83. The van der Waals surface area contributed by atoms with Crippen molar-refractivity contribution in [2.45, 2.75) is 11.8 Å². The molecule has 0 aliphatic heterocycles. The van der Waals surface area contributed by atoms with Crippen molar-refractivity contribution in [3.8, 4) is 17.6 Å². The lowest BCUT2D eigenvalue weighted by Crippen LogP contribution is -2.11. The maximum atomic E-state index is 12.6. The lowest BCUT2D eigenvalue weighted by Gasteiger charge is -2.12. The molecule has 3 aromatic carbocycles. The van der Waals surface area contributed by atoms with Crippen LogP contribution < -0.4 is 8.92 Å². The molecule has 0 amide bonds. The molecule has 0 heterocycles. The molecule has 126 valence electrons. The molecule has 0 unspecified atom stereocenters. The quantitative estimate of drug-likeness (QED) is 0.651. The van der Waals surface area contributed by atoms with E-state index >= 15 is 0 Å². The maximum absolute atomic E-state index is 12.6. The summed E-state index contributed by atoms with van der Waals surface area (Å²) in [5.74, 6) is 0.264. The second-order valence-electron chi connectivity index (χ2n) is 5.25. The third-order valence-electron chi connectivity index (χ3n) is 3.58. The Labute approximate surface area is 146 Å². The van der Waals surface area contributed by atoms with Crippen molar-refractivity contribution >= 4 is 20.9 Å². The van der Waals surface area contributed by atoms with Gasteiger partial charge >= 0.3 is 10.1 Å². The van der Waals surface area contributed by atoms with E-state index in [9.17, 15) is 8.42 Å². The maximum Gasteiger partial charge on any atom is 0.339 e. The van der Waals surface area contributed by atoms with E-state index in [1.807, 2.05) is 30.3 Å². The Bertz CT molecular complexity index is 1070. The first kappa shape index (κ1) is 16.8. The third-order valence-corrected chi connectivity index (χ3v) is 4.81. The molecule has 0 aromatic heterocycles. The zero-order valence-electron chi connectivity index (χ0n) is 13.5. The van der Waals surface area contributed by atoms with Crippen molar-refractivity contribution in [2.24, 2.45) is 0 Å². The summed E-state index contributed by atoms with van der Waals surface area (Å²) in [4.78, 5) is 0.0537. The van der Waals surface area contributed by atoms with Crippen LogP contribution in [-0.4, -0.2) is 15.0 Å². The molecule has 0 saturated carbocycles. The summed E-state index contributed by atoms with van der Waals surface area (Å²) >= 11 is 0. The normalized spacial score (nSPS) is 11.0. The molecule has 6 heteroatoms. The van der Waals surface area contributed by atoms with Crippen LogP contribution in [0.15, 0.2) is 65.6 Å². The molecule has 0 saturated heterocycles. The molecule has 0 radical (unpaired) electrons. The molecule has 5 nitrogen and oxygen atoms in total. The Balaban J connectivity index is 1.99. The summed E-state index contributed by atoms with van der Waals surface area (Å²) in [7, 11) is -4.03. The highest BCUT2D eigenvalue weighted by Crippen LogP contribution is 2.31. The van der Waals surface area contributed by atoms with Crippen LogP contribution in [-0.2, 0) is 10.1 Å². The van der Waals surface area contributed by atoms with Crippen LogP contribution in [0.1, 0.15) is 12.5 Å². The van der Waals surface area contributed by atoms with Crippen LogP contribution in [0.3, 0.4) is 0 Å². The summed E-state index contributed by atoms with van der Waals surface area (Å²) in [6, 6.07) is 18.6. The van der Waals surface area contributed by atoms with Gasteiger partial charge in [0.1, 0.15) is 4.90 Å². The molecule has 0 atom stereocenters. The Hall–Kier alpha value is -3.04. The first-order valence-electron chi connectivity index (χ1n) is 7.64. The molecule has 0 fully saturated rings. The second-order valence-corrected chi connectivity index (χ2v) is 6.80. The van der Waals surface area contributed by atoms with Crippen molar-refractivity contribution in [2.75, 3.05) is 6.61 Å². The number of ether oxygens (including phenoxy) is 1. The smallest absolute Gasteiger partial charge is 0.339 e. The monoisotopic (exact) mass is 353 g/mol. The van der Waals surface area contributed by atoms with Crippen LogP contribution in [0.25, 0.3) is 10.8 Å². The highest BCUT2D eigenvalue weighted by atomic mass is 32.2. The van der Waals surface area contributed by atoms with Gasteiger partial charge < -0.3 is 8.92 Å². The molecule has 3 rings (SSSR count). The van der Waals surface area contributed by atoms with Crippen molar-refractivity contribution < 1.29 is 17.3 Å².